The van der Waals surface area contributed by atoms with Crippen LogP contribution in [0.3, 0.4) is 0 Å². The molecule has 2 atom stereocenters. The van der Waals surface area contributed by atoms with Gasteiger partial charge in [0.2, 0.25) is 0 Å². The second kappa shape index (κ2) is 6.05. The number of rotatable bonds is 4. The average molecular weight is 260 g/mol. The summed E-state index contributed by atoms with van der Waals surface area (Å²) in [6.45, 7) is 0.252. The highest BCUT2D eigenvalue weighted by molar-refractivity contribution is 5.83. The second-order valence-electron chi connectivity index (χ2n) is 3.92. The largest absolute Gasteiger partial charge is 0.480 e. The van der Waals surface area contributed by atoms with Crippen LogP contribution in [0.1, 0.15) is 6.42 Å². The monoisotopic (exact) mass is 260 g/mol. The van der Waals surface area contributed by atoms with Crippen molar-refractivity contribution in [2.75, 3.05) is 19.6 Å². The Morgan fingerprint density at radius 3 is 2.44 bits per heavy atom. The molecule has 0 aromatic heterocycles. The molecule has 0 saturated carbocycles. The lowest BCUT2D eigenvalue weighted by Crippen LogP contribution is -2.48. The number of urea groups is 2. The number of carboxylic acids is 1. The molecule has 0 bridgehead atoms. The molecule has 1 aliphatic rings. The molecular formula is C9H16N4O5. The van der Waals surface area contributed by atoms with Crippen LogP contribution in [0, 0.1) is 0 Å². The van der Waals surface area contributed by atoms with Crippen molar-refractivity contribution in [1.29, 1.82) is 0 Å². The molecule has 18 heavy (non-hydrogen) atoms. The Bertz CT molecular complexity index is 348. The maximum absolute atomic E-state index is 11.6. The third-order valence-electron chi connectivity index (χ3n) is 2.53. The first kappa shape index (κ1) is 14.0. The zero-order chi connectivity index (χ0) is 13.7. The van der Waals surface area contributed by atoms with Gasteiger partial charge in [-0.25, -0.2) is 14.4 Å². The number of aliphatic hydroxyl groups excluding tert-OH is 1. The van der Waals surface area contributed by atoms with E-state index >= 15 is 0 Å². The van der Waals surface area contributed by atoms with Gasteiger partial charge in [-0.1, -0.05) is 0 Å². The molecule has 0 aromatic carbocycles. The van der Waals surface area contributed by atoms with E-state index in [1.807, 2.05) is 0 Å². The second-order valence-corrected chi connectivity index (χ2v) is 3.92. The SMILES string of the molecule is NC(=O)NCCNC(=O)N1CC(O)C[C@H]1C(=O)O. The van der Waals surface area contributed by atoms with Crippen LogP contribution < -0.4 is 16.4 Å². The highest BCUT2D eigenvalue weighted by Gasteiger charge is 2.38. The molecule has 1 unspecified atom stereocenters. The molecule has 1 aliphatic heterocycles. The van der Waals surface area contributed by atoms with Gasteiger partial charge in [0, 0.05) is 26.1 Å². The summed E-state index contributed by atoms with van der Waals surface area (Å²) >= 11 is 0. The third-order valence-corrected chi connectivity index (χ3v) is 2.53. The van der Waals surface area contributed by atoms with E-state index in [1.54, 1.807) is 0 Å². The fraction of sp³-hybridized carbons (Fsp3) is 0.667. The van der Waals surface area contributed by atoms with E-state index in [9.17, 15) is 19.5 Å². The lowest BCUT2D eigenvalue weighted by Gasteiger charge is -2.21. The van der Waals surface area contributed by atoms with Crippen molar-refractivity contribution in [3.05, 3.63) is 0 Å². The van der Waals surface area contributed by atoms with Crippen LogP contribution in [0.4, 0.5) is 9.59 Å². The predicted octanol–water partition coefficient (Wildman–Crippen LogP) is -2.12. The lowest BCUT2D eigenvalue weighted by atomic mass is 10.2. The highest BCUT2D eigenvalue weighted by atomic mass is 16.4. The molecule has 1 fully saturated rings. The summed E-state index contributed by atoms with van der Waals surface area (Å²) in [7, 11) is 0. The summed E-state index contributed by atoms with van der Waals surface area (Å²) < 4.78 is 0. The van der Waals surface area contributed by atoms with Crippen LogP contribution in [0.15, 0.2) is 0 Å². The maximum atomic E-state index is 11.6. The van der Waals surface area contributed by atoms with Gasteiger partial charge in [0.1, 0.15) is 6.04 Å². The van der Waals surface area contributed by atoms with Crippen molar-refractivity contribution in [1.82, 2.24) is 15.5 Å². The van der Waals surface area contributed by atoms with E-state index in [1.165, 1.54) is 0 Å². The number of nitrogens with two attached hydrogens (primary N) is 1. The molecule has 0 aliphatic carbocycles. The standard InChI is InChI=1S/C9H16N4O5/c10-8(17)11-1-2-12-9(18)13-4-5(14)3-6(13)7(15)16/h5-6,14H,1-4H2,(H,12,18)(H,15,16)(H3,10,11,17)/t5?,6-/m0/s1. The number of likely N-dealkylation sites (tertiary alicyclic amines) is 1. The first-order valence-electron chi connectivity index (χ1n) is 5.40. The average Bonchev–Trinajstić information content (AvgIpc) is 2.66. The number of carboxylic acid groups (broad SMARTS) is 1. The minimum absolute atomic E-state index is 0.0162. The van der Waals surface area contributed by atoms with E-state index in [4.69, 9.17) is 10.8 Å². The van der Waals surface area contributed by atoms with Crippen LogP contribution in [-0.4, -0.2) is 64.9 Å². The number of carbonyl (C=O) groups is 3. The Labute approximate surface area is 103 Å². The summed E-state index contributed by atoms with van der Waals surface area (Å²) in [5.74, 6) is -1.16. The Morgan fingerprint density at radius 1 is 1.28 bits per heavy atom. The molecule has 6 N–H and O–H groups in total. The minimum atomic E-state index is -1.16. The van der Waals surface area contributed by atoms with Crippen LogP contribution in [0.2, 0.25) is 0 Å². The third kappa shape index (κ3) is 3.77. The molecule has 1 heterocycles. The number of primary amides is 1. The smallest absolute Gasteiger partial charge is 0.326 e. The van der Waals surface area contributed by atoms with Gasteiger partial charge < -0.3 is 31.5 Å². The van der Waals surface area contributed by atoms with Crippen molar-refractivity contribution < 1.29 is 24.6 Å². The molecule has 4 amide bonds. The summed E-state index contributed by atoms with van der Waals surface area (Å²) in [6.07, 6.45) is -0.817. The molecule has 1 rings (SSSR count). The molecule has 0 radical (unpaired) electrons. The Balaban J connectivity index is 2.40. The zero-order valence-electron chi connectivity index (χ0n) is 9.63. The number of aliphatic hydroxyl groups is 1. The lowest BCUT2D eigenvalue weighted by molar-refractivity contribution is -0.141. The van der Waals surface area contributed by atoms with Crippen LogP contribution in [-0.2, 0) is 4.79 Å². The van der Waals surface area contributed by atoms with E-state index in [0.29, 0.717) is 0 Å². The highest BCUT2D eigenvalue weighted by Crippen LogP contribution is 2.17. The molecule has 0 spiro atoms. The Hall–Kier alpha value is -2.03. The van der Waals surface area contributed by atoms with Gasteiger partial charge in [-0.15, -0.1) is 0 Å². The summed E-state index contributed by atoms with van der Waals surface area (Å²) in [4.78, 5) is 33.9. The maximum Gasteiger partial charge on any atom is 0.326 e. The van der Waals surface area contributed by atoms with E-state index < -0.39 is 30.2 Å². The Kier molecular flexibility index (Phi) is 4.72. The van der Waals surface area contributed by atoms with Gasteiger partial charge >= 0.3 is 18.0 Å². The van der Waals surface area contributed by atoms with Crippen LogP contribution in [0.5, 0.6) is 0 Å². The van der Waals surface area contributed by atoms with E-state index in [0.717, 1.165) is 4.90 Å². The van der Waals surface area contributed by atoms with Gasteiger partial charge in [-0.2, -0.15) is 0 Å². The number of β-amino-alcohol motifs (C(OH)–C–C–N with tert-alkyl or cyclic N) is 1. The normalized spacial score (nSPS) is 22.6. The predicted molar refractivity (Wildman–Crippen MR) is 59.7 cm³/mol. The van der Waals surface area contributed by atoms with Crippen molar-refractivity contribution >= 4 is 18.0 Å². The van der Waals surface area contributed by atoms with Gasteiger partial charge in [0.25, 0.3) is 0 Å². The molecule has 102 valence electrons. The summed E-state index contributed by atoms with van der Waals surface area (Å²) in [5, 5.41) is 22.9. The number of hydrogen-bond donors (Lipinski definition) is 5. The molecule has 9 nitrogen and oxygen atoms in total. The molecule has 0 aromatic rings. The summed E-state index contributed by atoms with van der Waals surface area (Å²) in [6, 6.07) is -2.32. The van der Waals surface area contributed by atoms with Crippen LogP contribution in [0.25, 0.3) is 0 Å². The first-order valence-corrected chi connectivity index (χ1v) is 5.40. The number of amides is 4. The quantitative estimate of drug-likeness (QED) is 0.367. The van der Waals surface area contributed by atoms with Crippen molar-refractivity contribution in [3.63, 3.8) is 0 Å². The summed E-state index contributed by atoms with van der Waals surface area (Å²) in [5.41, 5.74) is 4.83. The van der Waals surface area contributed by atoms with Gasteiger partial charge in [-0.05, 0) is 0 Å². The van der Waals surface area contributed by atoms with E-state index in [2.05, 4.69) is 10.6 Å². The number of nitrogens with one attached hydrogen (secondary N) is 2. The molecule has 1 saturated heterocycles. The number of aliphatic carboxylic acids is 1. The van der Waals surface area contributed by atoms with Crippen molar-refractivity contribution in [2.45, 2.75) is 18.6 Å². The van der Waals surface area contributed by atoms with Crippen LogP contribution >= 0.6 is 0 Å². The number of nitrogens with zero attached hydrogens (tertiary/aromatic N) is 1. The van der Waals surface area contributed by atoms with Crippen molar-refractivity contribution in [2.24, 2.45) is 5.73 Å². The van der Waals surface area contributed by atoms with Gasteiger partial charge in [-0.3, -0.25) is 0 Å². The fourth-order valence-electron chi connectivity index (χ4n) is 1.73. The first-order chi connectivity index (χ1) is 8.41. The van der Waals surface area contributed by atoms with Gasteiger partial charge in [0.05, 0.1) is 6.10 Å². The number of carbonyl (C=O) groups excluding carboxylic acids is 2. The Morgan fingerprint density at radius 2 is 1.89 bits per heavy atom. The zero-order valence-corrected chi connectivity index (χ0v) is 9.63. The van der Waals surface area contributed by atoms with E-state index in [-0.39, 0.29) is 26.1 Å². The number of hydrogen-bond acceptors (Lipinski definition) is 4. The van der Waals surface area contributed by atoms with Crippen molar-refractivity contribution in [3.8, 4) is 0 Å². The minimum Gasteiger partial charge on any atom is -0.480 e. The molecular weight excluding hydrogens is 244 g/mol. The van der Waals surface area contributed by atoms with Gasteiger partial charge in [0.15, 0.2) is 0 Å². The topological polar surface area (TPSA) is 145 Å². The fourth-order valence-corrected chi connectivity index (χ4v) is 1.73. The molecule has 9 heteroatoms.